The second-order valence-corrected chi connectivity index (χ2v) is 9.33. The zero-order chi connectivity index (χ0) is 26.2. The van der Waals surface area contributed by atoms with Crippen LogP contribution >= 0.6 is 0 Å². The number of esters is 1. The lowest BCUT2D eigenvalue weighted by molar-refractivity contribution is -0.138. The summed E-state index contributed by atoms with van der Waals surface area (Å²) >= 11 is 0. The Morgan fingerprint density at radius 3 is 2.31 bits per heavy atom. The number of ether oxygens (including phenoxy) is 1. The average Bonchev–Trinajstić information content (AvgIpc) is 3.15. The van der Waals surface area contributed by atoms with E-state index in [1.54, 1.807) is 0 Å². The zero-order valence-corrected chi connectivity index (χ0v) is 19.0. The number of fused-ring (bicyclic) bond motifs is 1. The Kier molecular flexibility index (Phi) is 7.02. The number of carbonyl (C=O) groups is 1. The Morgan fingerprint density at radius 2 is 1.74 bits per heavy atom. The van der Waals surface area contributed by atoms with Gasteiger partial charge in [-0.15, -0.1) is 5.10 Å². The molecule has 15 heteroatoms. The van der Waals surface area contributed by atoms with E-state index in [1.807, 2.05) is 0 Å². The van der Waals surface area contributed by atoms with Crippen molar-refractivity contribution >= 4 is 27.1 Å². The molecule has 0 fully saturated rings. The highest BCUT2D eigenvalue weighted by Gasteiger charge is 2.34. The molecule has 0 amide bonds. The molecule has 3 aromatic rings. The molecule has 0 spiro atoms. The van der Waals surface area contributed by atoms with E-state index < -0.39 is 62.0 Å². The van der Waals surface area contributed by atoms with Gasteiger partial charge in [0, 0.05) is 12.4 Å². The molecule has 0 aliphatic carbocycles. The number of aromatic nitrogens is 3. The average molecular weight is 524 g/mol. The lowest BCUT2D eigenvalue weighted by atomic mass is 10.1. The van der Waals surface area contributed by atoms with E-state index in [9.17, 15) is 39.6 Å². The van der Waals surface area contributed by atoms with E-state index in [0.717, 1.165) is 10.6 Å². The van der Waals surface area contributed by atoms with Crippen LogP contribution in [0.2, 0.25) is 0 Å². The Balaban J connectivity index is 2.08. The molecule has 0 aliphatic heterocycles. The molecule has 3 aromatic heterocycles. The van der Waals surface area contributed by atoms with Crippen LogP contribution in [-0.2, 0) is 33.5 Å². The number of pyridine rings is 2. The summed E-state index contributed by atoms with van der Waals surface area (Å²) in [7, 11) is -4.01. The van der Waals surface area contributed by atoms with Gasteiger partial charge in [0.2, 0.25) is 0 Å². The predicted octanol–water partition coefficient (Wildman–Crippen LogP) is 4.35. The quantitative estimate of drug-likeness (QED) is 0.362. The maximum absolute atomic E-state index is 13.1. The Labute approximate surface area is 194 Å². The summed E-state index contributed by atoms with van der Waals surface area (Å²) in [5, 5.41) is 6.46. The number of rotatable bonds is 7. The molecule has 0 atom stereocenters. The normalized spacial score (nSPS) is 12.7. The van der Waals surface area contributed by atoms with Crippen LogP contribution in [0.1, 0.15) is 41.0 Å². The van der Waals surface area contributed by atoms with Gasteiger partial charge in [-0.1, -0.05) is 6.92 Å². The van der Waals surface area contributed by atoms with Gasteiger partial charge in [0.15, 0.2) is 15.7 Å². The summed E-state index contributed by atoms with van der Waals surface area (Å²) in [5.74, 6) is -1.85. The van der Waals surface area contributed by atoms with Crippen LogP contribution in [0.3, 0.4) is 0 Å². The van der Waals surface area contributed by atoms with Crippen molar-refractivity contribution in [2.24, 2.45) is 0 Å². The summed E-state index contributed by atoms with van der Waals surface area (Å²) in [6, 6.07) is 2.20. The number of anilines is 1. The Morgan fingerprint density at radius 1 is 1.09 bits per heavy atom. The Bertz CT molecular complexity index is 1370. The number of carbonyl (C=O) groups excluding carboxylic acids is 1. The molecule has 190 valence electrons. The number of halogens is 6. The third-order valence-corrected chi connectivity index (χ3v) is 6.60. The van der Waals surface area contributed by atoms with Crippen molar-refractivity contribution in [3.63, 3.8) is 0 Å². The first-order chi connectivity index (χ1) is 16.2. The van der Waals surface area contributed by atoms with Gasteiger partial charge >= 0.3 is 18.3 Å². The maximum Gasteiger partial charge on any atom is 0.417 e. The fraction of sp³-hybridized carbons (Fsp3) is 0.350. The second-order valence-electron chi connectivity index (χ2n) is 7.12. The minimum atomic E-state index is -4.79. The number of sulfone groups is 1. The summed E-state index contributed by atoms with van der Waals surface area (Å²) in [6.07, 6.45) is -8.41. The third kappa shape index (κ3) is 5.49. The lowest BCUT2D eigenvalue weighted by Gasteiger charge is -2.13. The molecule has 0 radical (unpaired) electrons. The third-order valence-electron chi connectivity index (χ3n) is 4.82. The molecule has 3 heterocycles. The van der Waals surface area contributed by atoms with E-state index in [4.69, 9.17) is 4.74 Å². The molecule has 0 bridgehead atoms. The fourth-order valence-electron chi connectivity index (χ4n) is 3.10. The highest BCUT2D eigenvalue weighted by Crippen LogP contribution is 2.33. The van der Waals surface area contributed by atoms with Gasteiger partial charge in [0.1, 0.15) is 4.90 Å². The fourth-order valence-corrected chi connectivity index (χ4v) is 4.28. The van der Waals surface area contributed by atoms with Crippen LogP contribution in [-0.4, -0.2) is 41.3 Å². The van der Waals surface area contributed by atoms with Gasteiger partial charge in [-0.2, -0.15) is 26.3 Å². The maximum atomic E-state index is 13.1. The van der Waals surface area contributed by atoms with E-state index in [2.05, 4.69) is 15.4 Å². The van der Waals surface area contributed by atoms with E-state index in [-0.39, 0.29) is 23.6 Å². The van der Waals surface area contributed by atoms with Crippen LogP contribution in [0.25, 0.3) is 5.52 Å². The van der Waals surface area contributed by atoms with Crippen molar-refractivity contribution in [1.82, 2.24) is 14.6 Å². The van der Waals surface area contributed by atoms with E-state index >= 15 is 0 Å². The van der Waals surface area contributed by atoms with Gasteiger partial charge in [-0.25, -0.2) is 17.7 Å². The summed E-state index contributed by atoms with van der Waals surface area (Å²) < 4.78 is 109. The molecule has 8 nitrogen and oxygen atoms in total. The van der Waals surface area contributed by atoms with Gasteiger partial charge in [-0.3, -0.25) is 4.98 Å². The van der Waals surface area contributed by atoms with Crippen molar-refractivity contribution in [3.05, 3.63) is 53.0 Å². The lowest BCUT2D eigenvalue weighted by Crippen LogP contribution is -2.16. The zero-order valence-electron chi connectivity index (χ0n) is 18.2. The number of alkyl halides is 6. The monoisotopic (exact) mass is 524 g/mol. The molecule has 0 aromatic carbocycles. The number of hydrogen-bond acceptors (Lipinski definition) is 7. The molecule has 3 rings (SSSR count). The minimum Gasteiger partial charge on any atom is -0.462 e. The number of nitrogens with zero attached hydrogens (tertiary/aromatic N) is 3. The summed E-state index contributed by atoms with van der Waals surface area (Å²) in [5.41, 5.74) is -3.16. The van der Waals surface area contributed by atoms with Gasteiger partial charge in [0.05, 0.1) is 46.8 Å². The van der Waals surface area contributed by atoms with Crippen molar-refractivity contribution in [1.29, 1.82) is 0 Å². The van der Waals surface area contributed by atoms with Crippen LogP contribution in [0, 0.1) is 0 Å². The number of hydrogen-bond donors (Lipinski definition) is 1. The molecule has 0 aliphatic rings. The molecular weight excluding hydrogens is 506 g/mol. The highest BCUT2D eigenvalue weighted by atomic mass is 32.2. The van der Waals surface area contributed by atoms with E-state index in [0.29, 0.717) is 24.5 Å². The molecule has 0 unspecified atom stereocenters. The SMILES string of the molecule is CCOC(=O)c1cc(C(F)(F)F)cnc1CNc1nn2cc(C(F)(F)F)ccc2c1S(=O)(=O)CC. The minimum absolute atomic E-state index is 0.130. The van der Waals surface area contributed by atoms with Crippen LogP contribution < -0.4 is 5.32 Å². The molecule has 35 heavy (non-hydrogen) atoms. The van der Waals surface area contributed by atoms with Crippen molar-refractivity contribution in [2.75, 3.05) is 17.7 Å². The van der Waals surface area contributed by atoms with Crippen LogP contribution in [0.4, 0.5) is 32.2 Å². The number of nitrogens with one attached hydrogen (secondary N) is 1. The topological polar surface area (TPSA) is 103 Å². The molecule has 0 saturated carbocycles. The van der Waals surface area contributed by atoms with Crippen molar-refractivity contribution in [3.8, 4) is 0 Å². The van der Waals surface area contributed by atoms with Crippen molar-refractivity contribution in [2.45, 2.75) is 37.6 Å². The van der Waals surface area contributed by atoms with E-state index in [1.165, 1.54) is 13.8 Å². The first kappa shape index (κ1) is 26.2. The van der Waals surface area contributed by atoms with Crippen molar-refractivity contribution < 1.29 is 44.3 Å². The van der Waals surface area contributed by atoms with Crippen LogP contribution in [0.15, 0.2) is 35.5 Å². The Hall–Kier alpha value is -3.36. The van der Waals surface area contributed by atoms with Gasteiger partial charge in [-0.05, 0) is 25.1 Å². The second kappa shape index (κ2) is 9.36. The predicted molar refractivity (Wildman–Crippen MR) is 110 cm³/mol. The standard InChI is InChI=1S/C20H18F6N4O4S/c1-3-34-18(31)13-7-12(20(24,25)26)8-27-14(13)9-28-17-16(35(32,33)4-2)15-6-5-11(19(21,22)23)10-30(15)29-17/h5-8,10H,3-4,9H2,1-2H3,(H,28,29). The first-order valence-corrected chi connectivity index (χ1v) is 11.6. The van der Waals surface area contributed by atoms with Crippen LogP contribution in [0.5, 0.6) is 0 Å². The first-order valence-electron chi connectivity index (χ1n) is 9.98. The summed E-state index contributed by atoms with van der Waals surface area (Å²) in [6.45, 7) is 2.16. The molecule has 1 N–H and O–H groups in total. The highest BCUT2D eigenvalue weighted by molar-refractivity contribution is 7.91. The van der Waals surface area contributed by atoms with Gasteiger partial charge in [0.25, 0.3) is 0 Å². The largest absolute Gasteiger partial charge is 0.462 e. The molecular formula is C20H18F6N4O4S. The van der Waals surface area contributed by atoms with Gasteiger partial charge < -0.3 is 10.1 Å². The smallest absolute Gasteiger partial charge is 0.417 e. The summed E-state index contributed by atoms with van der Waals surface area (Å²) in [4.78, 5) is 15.5. The molecule has 0 saturated heterocycles.